The molecule has 0 saturated carbocycles. The van der Waals surface area contributed by atoms with Crippen molar-refractivity contribution in [1.82, 2.24) is 0 Å². The molecule has 0 aliphatic carbocycles. The van der Waals surface area contributed by atoms with Crippen LogP contribution in [0.2, 0.25) is 5.02 Å². The van der Waals surface area contributed by atoms with Crippen LogP contribution in [0.5, 0.6) is 0 Å². The summed E-state index contributed by atoms with van der Waals surface area (Å²) in [5.74, 6) is 0. The Kier molecular flexibility index (Phi) is 4.72. The molecule has 21 heavy (non-hydrogen) atoms. The van der Waals surface area contributed by atoms with Gasteiger partial charge in [0, 0.05) is 17.4 Å². The molecule has 2 N–H and O–H groups in total. The molecule has 5 nitrogen and oxygen atoms in total. The van der Waals surface area contributed by atoms with Crippen LogP contribution in [0, 0.1) is 17.0 Å². The lowest BCUT2D eigenvalue weighted by atomic mass is 10.2. The minimum Gasteiger partial charge on any atom is -0.332 e. The normalized spacial score (nSPS) is 10.0. The van der Waals surface area contributed by atoms with Crippen LogP contribution in [0.3, 0.4) is 0 Å². The number of anilines is 2. The van der Waals surface area contributed by atoms with E-state index in [9.17, 15) is 10.1 Å². The number of benzene rings is 2. The maximum Gasteiger partial charge on any atom is 0.289 e. The van der Waals surface area contributed by atoms with E-state index in [2.05, 4.69) is 10.6 Å². The maximum absolute atomic E-state index is 10.8. The minimum atomic E-state index is -0.538. The van der Waals surface area contributed by atoms with E-state index in [0.29, 0.717) is 10.8 Å². The number of hydrogen-bond donors (Lipinski definition) is 2. The van der Waals surface area contributed by atoms with E-state index in [0.717, 1.165) is 11.3 Å². The Labute approximate surface area is 132 Å². The number of thiocarbonyl (C=S) groups is 1. The predicted octanol–water partition coefficient (Wildman–Crippen LogP) is 4.37. The molecule has 2 rings (SSSR count). The number of nitrogens with zero attached hydrogens (tertiary/aromatic N) is 1. The first kappa shape index (κ1) is 15.2. The van der Waals surface area contributed by atoms with Gasteiger partial charge in [0.15, 0.2) is 5.11 Å². The molecule has 2 aromatic carbocycles. The standard InChI is InChI=1S/C14H12ClN3O2S/c1-9-2-4-10(5-3-9)16-14(21)17-11-6-7-12(15)13(8-11)18(19)20/h2-8H,1H3,(H2,16,17,21). The molecule has 108 valence electrons. The SMILES string of the molecule is Cc1ccc(NC(=S)Nc2ccc(Cl)c([N+](=O)[O-])c2)cc1. The lowest BCUT2D eigenvalue weighted by Crippen LogP contribution is -2.19. The summed E-state index contributed by atoms with van der Waals surface area (Å²) in [5.41, 5.74) is 2.31. The van der Waals surface area contributed by atoms with Gasteiger partial charge in [-0.3, -0.25) is 10.1 Å². The van der Waals surface area contributed by atoms with Gasteiger partial charge in [-0.1, -0.05) is 29.3 Å². The predicted molar refractivity (Wildman–Crippen MR) is 89.1 cm³/mol. The molecule has 0 aromatic heterocycles. The van der Waals surface area contributed by atoms with Crippen LogP contribution in [0.4, 0.5) is 17.1 Å². The topological polar surface area (TPSA) is 67.2 Å². The highest BCUT2D eigenvalue weighted by atomic mass is 35.5. The van der Waals surface area contributed by atoms with Crippen LogP contribution in [-0.2, 0) is 0 Å². The zero-order chi connectivity index (χ0) is 15.4. The van der Waals surface area contributed by atoms with Crippen molar-refractivity contribution in [1.29, 1.82) is 0 Å². The highest BCUT2D eigenvalue weighted by molar-refractivity contribution is 7.80. The third-order valence-corrected chi connectivity index (χ3v) is 3.23. The van der Waals surface area contributed by atoms with Gasteiger partial charge in [-0.2, -0.15) is 0 Å². The van der Waals surface area contributed by atoms with Crippen LogP contribution in [0.1, 0.15) is 5.56 Å². The van der Waals surface area contributed by atoms with Crippen LogP contribution in [0.25, 0.3) is 0 Å². The van der Waals surface area contributed by atoms with Crippen LogP contribution >= 0.6 is 23.8 Å². The highest BCUT2D eigenvalue weighted by Gasteiger charge is 2.13. The average Bonchev–Trinajstić information content (AvgIpc) is 2.43. The van der Waals surface area contributed by atoms with E-state index >= 15 is 0 Å². The Bertz CT molecular complexity index is 689. The van der Waals surface area contributed by atoms with Crippen molar-refractivity contribution in [2.24, 2.45) is 0 Å². The quantitative estimate of drug-likeness (QED) is 0.499. The van der Waals surface area contributed by atoms with Gasteiger partial charge in [-0.25, -0.2) is 0 Å². The smallest absolute Gasteiger partial charge is 0.289 e. The Hall–Kier alpha value is -2.18. The van der Waals surface area contributed by atoms with Gasteiger partial charge in [-0.05, 0) is 43.4 Å². The zero-order valence-corrected chi connectivity index (χ0v) is 12.7. The van der Waals surface area contributed by atoms with Crippen molar-refractivity contribution in [2.45, 2.75) is 6.92 Å². The van der Waals surface area contributed by atoms with Crippen molar-refractivity contribution >= 4 is 46.0 Å². The maximum atomic E-state index is 10.8. The molecule has 0 amide bonds. The van der Waals surface area contributed by atoms with Gasteiger partial charge in [0.2, 0.25) is 0 Å². The molecule has 0 radical (unpaired) electrons. The number of nitro groups is 1. The molecular formula is C14H12ClN3O2S. The molecular weight excluding hydrogens is 310 g/mol. The first-order valence-electron chi connectivity index (χ1n) is 6.04. The highest BCUT2D eigenvalue weighted by Crippen LogP contribution is 2.27. The Morgan fingerprint density at radius 3 is 2.33 bits per heavy atom. The summed E-state index contributed by atoms with van der Waals surface area (Å²) in [4.78, 5) is 10.3. The molecule has 0 spiro atoms. The van der Waals surface area contributed by atoms with Crippen molar-refractivity contribution in [2.75, 3.05) is 10.6 Å². The summed E-state index contributed by atoms with van der Waals surface area (Å²) < 4.78 is 0. The second-order valence-electron chi connectivity index (χ2n) is 4.37. The number of halogens is 1. The van der Waals surface area contributed by atoms with E-state index in [1.807, 2.05) is 31.2 Å². The summed E-state index contributed by atoms with van der Waals surface area (Å²) in [6, 6.07) is 12.1. The Morgan fingerprint density at radius 1 is 1.14 bits per heavy atom. The fraction of sp³-hybridized carbons (Fsp3) is 0.0714. The van der Waals surface area contributed by atoms with E-state index in [1.165, 1.54) is 12.1 Å². The van der Waals surface area contributed by atoms with E-state index < -0.39 is 4.92 Å². The minimum absolute atomic E-state index is 0.0861. The first-order valence-corrected chi connectivity index (χ1v) is 6.83. The molecule has 7 heteroatoms. The summed E-state index contributed by atoms with van der Waals surface area (Å²) in [6.45, 7) is 1.99. The zero-order valence-electron chi connectivity index (χ0n) is 11.1. The van der Waals surface area contributed by atoms with Gasteiger partial charge in [0.05, 0.1) is 4.92 Å². The van der Waals surface area contributed by atoms with Crippen molar-refractivity contribution in [3.63, 3.8) is 0 Å². The van der Waals surface area contributed by atoms with E-state index in [1.54, 1.807) is 6.07 Å². The number of aryl methyl sites for hydroxylation is 1. The lowest BCUT2D eigenvalue weighted by molar-refractivity contribution is -0.384. The molecule has 0 heterocycles. The van der Waals surface area contributed by atoms with Gasteiger partial charge < -0.3 is 10.6 Å². The second-order valence-corrected chi connectivity index (χ2v) is 5.18. The fourth-order valence-electron chi connectivity index (χ4n) is 1.66. The Morgan fingerprint density at radius 2 is 1.71 bits per heavy atom. The van der Waals surface area contributed by atoms with Gasteiger partial charge in [-0.15, -0.1) is 0 Å². The molecule has 2 aromatic rings. The lowest BCUT2D eigenvalue weighted by Gasteiger charge is -2.11. The van der Waals surface area contributed by atoms with E-state index in [-0.39, 0.29) is 10.7 Å². The molecule has 0 fully saturated rings. The molecule has 0 unspecified atom stereocenters. The van der Waals surface area contributed by atoms with Crippen LogP contribution < -0.4 is 10.6 Å². The van der Waals surface area contributed by atoms with Crippen molar-refractivity contribution < 1.29 is 4.92 Å². The number of rotatable bonds is 3. The van der Waals surface area contributed by atoms with Gasteiger partial charge >= 0.3 is 0 Å². The van der Waals surface area contributed by atoms with Gasteiger partial charge in [0.25, 0.3) is 5.69 Å². The molecule has 0 bridgehead atoms. The molecule has 0 aliphatic rings. The number of nitrogens with one attached hydrogen (secondary N) is 2. The van der Waals surface area contributed by atoms with Crippen molar-refractivity contribution in [3.05, 3.63) is 63.2 Å². The largest absolute Gasteiger partial charge is 0.332 e. The molecule has 0 aliphatic heterocycles. The van der Waals surface area contributed by atoms with Crippen LogP contribution in [-0.4, -0.2) is 10.0 Å². The summed E-state index contributed by atoms with van der Waals surface area (Å²) >= 11 is 10.9. The fourth-order valence-corrected chi connectivity index (χ4v) is 2.08. The average molecular weight is 322 g/mol. The summed E-state index contributed by atoms with van der Waals surface area (Å²) in [6.07, 6.45) is 0. The molecule has 0 atom stereocenters. The third-order valence-electron chi connectivity index (χ3n) is 2.71. The monoisotopic (exact) mass is 321 g/mol. The number of hydrogen-bond acceptors (Lipinski definition) is 3. The Balaban J connectivity index is 2.07. The summed E-state index contributed by atoms with van der Waals surface area (Å²) in [7, 11) is 0. The molecule has 0 saturated heterocycles. The van der Waals surface area contributed by atoms with Gasteiger partial charge in [0.1, 0.15) is 5.02 Å². The van der Waals surface area contributed by atoms with Crippen molar-refractivity contribution in [3.8, 4) is 0 Å². The van der Waals surface area contributed by atoms with Crippen LogP contribution in [0.15, 0.2) is 42.5 Å². The summed E-state index contributed by atoms with van der Waals surface area (Å²) in [5, 5.41) is 17.1. The third kappa shape index (κ3) is 4.14. The van der Waals surface area contributed by atoms with E-state index in [4.69, 9.17) is 23.8 Å². The second kappa shape index (κ2) is 6.51. The first-order chi connectivity index (χ1) is 9.95. The number of nitro benzene ring substituents is 1.